The number of aromatic amines is 1. The summed E-state index contributed by atoms with van der Waals surface area (Å²) < 4.78 is 4.96. The molecule has 23 heavy (non-hydrogen) atoms. The lowest BCUT2D eigenvalue weighted by Gasteiger charge is -2.05. The molecule has 3 rings (SSSR count). The van der Waals surface area contributed by atoms with Gasteiger partial charge in [-0.15, -0.1) is 0 Å². The highest BCUT2D eigenvalue weighted by molar-refractivity contribution is 5.76. The van der Waals surface area contributed by atoms with Gasteiger partial charge in [0, 0.05) is 13.0 Å². The number of fused-ring (bicyclic) bond motifs is 1. The van der Waals surface area contributed by atoms with Crippen LogP contribution in [-0.4, -0.2) is 17.4 Å². The summed E-state index contributed by atoms with van der Waals surface area (Å²) in [5.41, 5.74) is 3.43. The summed E-state index contributed by atoms with van der Waals surface area (Å²) >= 11 is 0. The van der Waals surface area contributed by atoms with Crippen LogP contribution < -0.4 is 11.1 Å². The van der Waals surface area contributed by atoms with Crippen LogP contribution in [0.2, 0.25) is 0 Å². The fourth-order valence-corrected chi connectivity index (χ4v) is 2.49. The topological polar surface area (TPSA) is 75.1 Å². The fraction of sp³-hybridized carbons (Fsp3) is 0.222. The Bertz CT molecular complexity index is 849. The van der Waals surface area contributed by atoms with Crippen molar-refractivity contribution in [1.82, 2.24) is 10.3 Å². The molecule has 1 aromatic heterocycles. The Balaban J connectivity index is 1.46. The third kappa shape index (κ3) is 4.10. The summed E-state index contributed by atoms with van der Waals surface area (Å²) in [7, 11) is 0. The van der Waals surface area contributed by atoms with Crippen LogP contribution in [0.5, 0.6) is 0 Å². The molecule has 0 fully saturated rings. The molecule has 0 unspecified atom stereocenters. The molecule has 0 bridgehead atoms. The minimum absolute atomic E-state index is 0.0478. The Morgan fingerprint density at radius 3 is 2.70 bits per heavy atom. The first-order valence-electron chi connectivity index (χ1n) is 7.63. The summed E-state index contributed by atoms with van der Waals surface area (Å²) in [6.07, 6.45) is 1.94. The molecule has 0 atom stereocenters. The number of aromatic nitrogens is 1. The van der Waals surface area contributed by atoms with Gasteiger partial charge in [0.15, 0.2) is 5.58 Å². The van der Waals surface area contributed by atoms with E-state index < -0.39 is 5.76 Å². The number of aryl methyl sites for hydroxylation is 1. The van der Waals surface area contributed by atoms with E-state index in [1.807, 2.05) is 42.5 Å². The first kappa shape index (κ1) is 15.1. The molecule has 118 valence electrons. The van der Waals surface area contributed by atoms with Gasteiger partial charge in [0.1, 0.15) is 0 Å². The van der Waals surface area contributed by atoms with Crippen molar-refractivity contribution in [2.24, 2.45) is 0 Å². The molecule has 5 nitrogen and oxygen atoms in total. The van der Waals surface area contributed by atoms with Crippen LogP contribution in [-0.2, 0) is 17.6 Å². The summed E-state index contributed by atoms with van der Waals surface area (Å²) in [4.78, 5) is 25.6. The van der Waals surface area contributed by atoms with Crippen LogP contribution in [0.25, 0.3) is 11.1 Å². The van der Waals surface area contributed by atoms with Gasteiger partial charge in [-0.05, 0) is 36.1 Å². The van der Waals surface area contributed by atoms with Gasteiger partial charge in [0.2, 0.25) is 5.91 Å². The fourth-order valence-electron chi connectivity index (χ4n) is 2.49. The highest BCUT2D eigenvalue weighted by Gasteiger charge is 2.04. The second-order valence-electron chi connectivity index (χ2n) is 5.43. The summed E-state index contributed by atoms with van der Waals surface area (Å²) in [6.45, 7) is 0.571. The zero-order valence-electron chi connectivity index (χ0n) is 12.7. The number of hydrogen-bond acceptors (Lipinski definition) is 3. The maximum Gasteiger partial charge on any atom is 0.417 e. The number of H-pyrrole nitrogens is 1. The Hall–Kier alpha value is -2.82. The quantitative estimate of drug-likeness (QED) is 0.734. The summed E-state index contributed by atoms with van der Waals surface area (Å²) in [5, 5.41) is 2.92. The van der Waals surface area contributed by atoms with Crippen molar-refractivity contribution in [3.63, 3.8) is 0 Å². The molecule has 0 aliphatic heterocycles. The van der Waals surface area contributed by atoms with Crippen molar-refractivity contribution in [2.45, 2.75) is 19.3 Å². The third-order valence-electron chi connectivity index (χ3n) is 3.70. The molecule has 0 saturated heterocycles. The first-order valence-corrected chi connectivity index (χ1v) is 7.63. The number of carbonyl (C=O) groups is 1. The van der Waals surface area contributed by atoms with E-state index >= 15 is 0 Å². The average molecular weight is 310 g/mol. The summed E-state index contributed by atoms with van der Waals surface area (Å²) in [5.74, 6) is -0.405. The predicted octanol–water partition coefficient (Wildman–Crippen LogP) is 2.41. The Labute approximate surface area is 133 Å². The lowest BCUT2D eigenvalue weighted by atomic mass is 10.1. The second-order valence-corrected chi connectivity index (χ2v) is 5.43. The van der Waals surface area contributed by atoms with Gasteiger partial charge in [0.25, 0.3) is 0 Å². The predicted molar refractivity (Wildman–Crippen MR) is 88.3 cm³/mol. The number of carbonyl (C=O) groups excluding carboxylic acids is 1. The number of nitrogens with one attached hydrogen (secondary N) is 2. The van der Waals surface area contributed by atoms with E-state index in [0.29, 0.717) is 30.5 Å². The van der Waals surface area contributed by atoms with Crippen molar-refractivity contribution in [2.75, 3.05) is 6.54 Å². The van der Waals surface area contributed by atoms with E-state index in [1.54, 1.807) is 6.07 Å². The standard InChI is InChI=1S/C18H18N2O3/c21-17(9-7-13-4-2-1-3-5-13)19-11-10-14-6-8-16-15(12-14)20-18(22)23-16/h1-6,8,12H,7,9-11H2,(H,19,21)(H,20,22). The number of hydrogen-bond donors (Lipinski definition) is 2. The molecular formula is C18H18N2O3. The average Bonchev–Trinajstić information content (AvgIpc) is 2.93. The van der Waals surface area contributed by atoms with E-state index in [1.165, 1.54) is 0 Å². The van der Waals surface area contributed by atoms with E-state index in [4.69, 9.17) is 4.42 Å². The number of rotatable bonds is 6. The molecule has 0 radical (unpaired) electrons. The molecule has 0 spiro atoms. The highest BCUT2D eigenvalue weighted by atomic mass is 16.4. The molecule has 2 aromatic carbocycles. The van der Waals surface area contributed by atoms with Gasteiger partial charge in [-0.1, -0.05) is 36.4 Å². The van der Waals surface area contributed by atoms with Gasteiger partial charge in [-0.2, -0.15) is 0 Å². The maximum atomic E-state index is 11.8. The van der Waals surface area contributed by atoms with E-state index in [0.717, 1.165) is 17.5 Å². The van der Waals surface area contributed by atoms with Crippen molar-refractivity contribution in [1.29, 1.82) is 0 Å². The molecule has 0 aliphatic carbocycles. The molecule has 1 heterocycles. The smallest absolute Gasteiger partial charge is 0.408 e. The van der Waals surface area contributed by atoms with Gasteiger partial charge >= 0.3 is 5.76 Å². The Kier molecular flexibility index (Phi) is 4.57. The zero-order chi connectivity index (χ0) is 16.1. The second kappa shape index (κ2) is 6.96. The van der Waals surface area contributed by atoms with Crippen molar-refractivity contribution < 1.29 is 9.21 Å². The number of oxazole rings is 1. The lowest BCUT2D eigenvalue weighted by Crippen LogP contribution is -2.25. The zero-order valence-corrected chi connectivity index (χ0v) is 12.7. The van der Waals surface area contributed by atoms with E-state index in [-0.39, 0.29) is 5.91 Å². The third-order valence-corrected chi connectivity index (χ3v) is 3.70. The minimum Gasteiger partial charge on any atom is -0.408 e. The van der Waals surface area contributed by atoms with E-state index in [2.05, 4.69) is 10.3 Å². The molecule has 1 amide bonds. The first-order chi connectivity index (χ1) is 11.2. The van der Waals surface area contributed by atoms with Gasteiger partial charge in [-0.25, -0.2) is 4.79 Å². The number of benzene rings is 2. The van der Waals surface area contributed by atoms with Crippen molar-refractivity contribution in [3.05, 3.63) is 70.2 Å². The summed E-state index contributed by atoms with van der Waals surface area (Å²) in [6, 6.07) is 15.5. The van der Waals surface area contributed by atoms with Gasteiger partial charge in [0.05, 0.1) is 5.52 Å². The molecular weight excluding hydrogens is 292 g/mol. The molecule has 5 heteroatoms. The molecule has 0 saturated carbocycles. The van der Waals surface area contributed by atoms with Crippen LogP contribution in [0.15, 0.2) is 57.7 Å². The van der Waals surface area contributed by atoms with E-state index in [9.17, 15) is 9.59 Å². The van der Waals surface area contributed by atoms with Crippen LogP contribution in [0.3, 0.4) is 0 Å². The maximum absolute atomic E-state index is 11.8. The van der Waals surface area contributed by atoms with Crippen LogP contribution in [0.1, 0.15) is 17.5 Å². The minimum atomic E-state index is -0.452. The molecule has 3 aromatic rings. The van der Waals surface area contributed by atoms with Crippen molar-refractivity contribution in [3.8, 4) is 0 Å². The molecule has 0 aliphatic rings. The Morgan fingerprint density at radius 1 is 1.04 bits per heavy atom. The normalized spacial score (nSPS) is 10.8. The van der Waals surface area contributed by atoms with Crippen LogP contribution >= 0.6 is 0 Å². The number of amides is 1. The molecule has 2 N–H and O–H groups in total. The lowest BCUT2D eigenvalue weighted by molar-refractivity contribution is -0.121. The van der Waals surface area contributed by atoms with Crippen LogP contribution in [0.4, 0.5) is 0 Å². The highest BCUT2D eigenvalue weighted by Crippen LogP contribution is 2.12. The van der Waals surface area contributed by atoms with Gasteiger partial charge < -0.3 is 9.73 Å². The van der Waals surface area contributed by atoms with Crippen LogP contribution in [0, 0.1) is 0 Å². The largest absolute Gasteiger partial charge is 0.417 e. The monoisotopic (exact) mass is 310 g/mol. The SMILES string of the molecule is O=C(CCc1ccccc1)NCCc1ccc2oc(=O)[nH]c2c1. The van der Waals surface area contributed by atoms with Gasteiger partial charge in [-0.3, -0.25) is 9.78 Å². The van der Waals surface area contributed by atoms with Crippen molar-refractivity contribution >= 4 is 17.0 Å². The Morgan fingerprint density at radius 2 is 1.87 bits per heavy atom.